The molecule has 1 rings (SSSR count). The van der Waals surface area contributed by atoms with Crippen LogP contribution >= 0.6 is 0 Å². The fourth-order valence-corrected chi connectivity index (χ4v) is 3.12. The van der Waals surface area contributed by atoms with Gasteiger partial charge in [-0.3, -0.25) is 9.00 Å². The smallest absolute Gasteiger partial charge is 0.225 e. The van der Waals surface area contributed by atoms with Gasteiger partial charge in [0.1, 0.15) is 0 Å². The van der Waals surface area contributed by atoms with E-state index in [1.165, 1.54) is 0 Å². The van der Waals surface area contributed by atoms with Gasteiger partial charge in [0.15, 0.2) is 0 Å². The Labute approximate surface area is 123 Å². The first kappa shape index (κ1) is 16.9. The normalized spacial score (nSPS) is 13.8. The third-order valence-corrected chi connectivity index (χ3v) is 4.80. The largest absolute Gasteiger partial charge is 0.326 e. The minimum Gasteiger partial charge on any atom is -0.326 e. The predicted molar refractivity (Wildman–Crippen MR) is 84.9 cm³/mol. The van der Waals surface area contributed by atoms with Crippen molar-refractivity contribution >= 4 is 22.4 Å². The molecule has 0 saturated carbocycles. The molecule has 112 valence electrons. The molecule has 1 amide bonds. The topological polar surface area (TPSA) is 72.2 Å². The third kappa shape index (κ3) is 6.30. The van der Waals surface area contributed by atoms with Gasteiger partial charge in [-0.25, -0.2) is 0 Å². The number of benzene rings is 1. The van der Waals surface area contributed by atoms with Crippen LogP contribution in [0.25, 0.3) is 0 Å². The summed E-state index contributed by atoms with van der Waals surface area (Å²) in [6, 6.07) is 7.43. The molecule has 1 aromatic carbocycles. The summed E-state index contributed by atoms with van der Waals surface area (Å²) in [5.41, 5.74) is 7.29. The van der Waals surface area contributed by atoms with E-state index in [-0.39, 0.29) is 5.91 Å². The molecular weight excluding hydrogens is 272 g/mol. The lowest BCUT2D eigenvalue weighted by molar-refractivity contribution is -0.115. The van der Waals surface area contributed by atoms with E-state index in [1.807, 2.05) is 24.3 Å². The van der Waals surface area contributed by atoms with Crippen LogP contribution in [0.3, 0.4) is 0 Å². The Kier molecular flexibility index (Phi) is 7.47. The summed E-state index contributed by atoms with van der Waals surface area (Å²) >= 11 is 0. The predicted octanol–water partition coefficient (Wildman–Crippen LogP) is 2.27. The molecular formula is C15H24N2O2S. The first-order valence-electron chi connectivity index (χ1n) is 6.99. The molecule has 4 nitrogen and oxygen atoms in total. The standard InChI is InChI=1S/C15H24N2O2S/c1-3-12(2)11-20(19)9-8-15(18)17-14-6-4-13(10-16)5-7-14/h4-7,12H,3,8-11,16H2,1-2H3,(H,17,18). The maximum absolute atomic E-state index is 11.8. The maximum atomic E-state index is 11.8. The van der Waals surface area contributed by atoms with Gasteiger partial charge >= 0.3 is 0 Å². The van der Waals surface area contributed by atoms with Crippen LogP contribution in [-0.2, 0) is 22.1 Å². The second-order valence-electron chi connectivity index (χ2n) is 5.02. The molecule has 3 N–H and O–H groups in total. The van der Waals surface area contributed by atoms with Gasteiger partial charge in [-0.15, -0.1) is 0 Å². The minimum atomic E-state index is -0.911. The Morgan fingerprint density at radius 3 is 2.55 bits per heavy atom. The maximum Gasteiger partial charge on any atom is 0.225 e. The summed E-state index contributed by atoms with van der Waals surface area (Å²) in [4.78, 5) is 11.8. The van der Waals surface area contributed by atoms with Crippen molar-refractivity contribution < 1.29 is 9.00 Å². The molecule has 2 atom stereocenters. The lowest BCUT2D eigenvalue weighted by Crippen LogP contribution is -2.17. The second-order valence-corrected chi connectivity index (χ2v) is 6.64. The zero-order valence-corrected chi connectivity index (χ0v) is 13.0. The number of carbonyl (C=O) groups excluding carboxylic acids is 1. The van der Waals surface area contributed by atoms with Gasteiger partial charge in [0.25, 0.3) is 0 Å². The Hall–Kier alpha value is -1.20. The molecule has 0 aliphatic rings. The van der Waals surface area contributed by atoms with Crippen LogP contribution in [0, 0.1) is 5.92 Å². The van der Waals surface area contributed by atoms with E-state index in [2.05, 4.69) is 19.2 Å². The average molecular weight is 296 g/mol. The molecule has 0 heterocycles. The number of amides is 1. The van der Waals surface area contributed by atoms with Crippen molar-refractivity contribution in [1.29, 1.82) is 0 Å². The zero-order chi connectivity index (χ0) is 15.0. The van der Waals surface area contributed by atoms with Gasteiger partial charge in [-0.05, 0) is 23.6 Å². The summed E-state index contributed by atoms with van der Waals surface area (Å²) in [6.07, 6.45) is 1.31. The van der Waals surface area contributed by atoms with E-state index in [0.717, 1.165) is 17.7 Å². The van der Waals surface area contributed by atoms with Crippen molar-refractivity contribution in [1.82, 2.24) is 0 Å². The van der Waals surface area contributed by atoms with Crippen LogP contribution in [0.15, 0.2) is 24.3 Å². The van der Waals surface area contributed by atoms with Crippen LogP contribution in [0.5, 0.6) is 0 Å². The van der Waals surface area contributed by atoms with Crippen molar-refractivity contribution in [3.05, 3.63) is 29.8 Å². The number of nitrogens with one attached hydrogen (secondary N) is 1. The Balaban J connectivity index is 2.34. The molecule has 0 bridgehead atoms. The van der Waals surface area contributed by atoms with Crippen LogP contribution in [-0.4, -0.2) is 21.6 Å². The number of nitrogens with two attached hydrogens (primary N) is 1. The zero-order valence-electron chi connectivity index (χ0n) is 12.2. The van der Waals surface area contributed by atoms with E-state index in [9.17, 15) is 9.00 Å². The van der Waals surface area contributed by atoms with Crippen molar-refractivity contribution in [2.24, 2.45) is 11.7 Å². The van der Waals surface area contributed by atoms with E-state index >= 15 is 0 Å². The van der Waals surface area contributed by atoms with Crippen LogP contribution in [0.2, 0.25) is 0 Å². The van der Waals surface area contributed by atoms with E-state index in [1.54, 1.807) is 0 Å². The third-order valence-electron chi connectivity index (χ3n) is 3.20. The molecule has 1 aromatic rings. The number of hydrogen-bond donors (Lipinski definition) is 2. The summed E-state index contributed by atoms with van der Waals surface area (Å²) in [5, 5.41) is 2.80. The number of rotatable bonds is 8. The Morgan fingerprint density at radius 2 is 2.00 bits per heavy atom. The summed E-state index contributed by atoms with van der Waals surface area (Å²) in [7, 11) is -0.911. The molecule has 0 saturated heterocycles. The summed E-state index contributed by atoms with van der Waals surface area (Å²) < 4.78 is 11.8. The quantitative estimate of drug-likeness (QED) is 0.773. The van der Waals surface area contributed by atoms with Crippen molar-refractivity contribution in [3.8, 4) is 0 Å². The lowest BCUT2D eigenvalue weighted by atomic mass is 10.2. The fraction of sp³-hybridized carbons (Fsp3) is 0.533. The Morgan fingerprint density at radius 1 is 1.35 bits per heavy atom. The van der Waals surface area contributed by atoms with Crippen molar-refractivity contribution in [2.45, 2.75) is 33.2 Å². The number of carbonyl (C=O) groups is 1. The molecule has 0 spiro atoms. The molecule has 0 aliphatic heterocycles. The van der Waals surface area contributed by atoms with Gasteiger partial charge < -0.3 is 11.1 Å². The highest BCUT2D eigenvalue weighted by Gasteiger charge is 2.09. The van der Waals surface area contributed by atoms with Gasteiger partial charge in [-0.2, -0.15) is 0 Å². The van der Waals surface area contributed by atoms with Crippen molar-refractivity contribution in [3.63, 3.8) is 0 Å². The van der Waals surface area contributed by atoms with Crippen LogP contribution in [0.1, 0.15) is 32.3 Å². The first-order valence-corrected chi connectivity index (χ1v) is 8.47. The molecule has 0 fully saturated rings. The van der Waals surface area contributed by atoms with Gasteiger partial charge in [0.05, 0.1) is 0 Å². The lowest BCUT2D eigenvalue weighted by Gasteiger charge is -2.08. The van der Waals surface area contributed by atoms with Gasteiger partial charge in [-0.1, -0.05) is 32.4 Å². The molecule has 5 heteroatoms. The highest BCUT2D eigenvalue weighted by Crippen LogP contribution is 2.10. The van der Waals surface area contributed by atoms with E-state index < -0.39 is 10.8 Å². The average Bonchev–Trinajstić information content (AvgIpc) is 2.45. The Bertz CT molecular complexity index is 446. The SMILES string of the molecule is CCC(C)CS(=O)CCC(=O)Nc1ccc(CN)cc1. The molecule has 20 heavy (non-hydrogen) atoms. The van der Waals surface area contributed by atoms with Gasteiger partial charge in [0.2, 0.25) is 5.91 Å². The van der Waals surface area contributed by atoms with E-state index in [4.69, 9.17) is 5.73 Å². The van der Waals surface area contributed by atoms with Crippen LogP contribution in [0.4, 0.5) is 5.69 Å². The molecule has 0 aromatic heterocycles. The van der Waals surface area contributed by atoms with E-state index in [0.29, 0.717) is 30.4 Å². The second kappa shape index (κ2) is 8.87. The van der Waals surface area contributed by atoms with Gasteiger partial charge in [0, 0.05) is 41.0 Å². The number of anilines is 1. The molecule has 0 radical (unpaired) electrons. The van der Waals surface area contributed by atoms with Crippen molar-refractivity contribution in [2.75, 3.05) is 16.8 Å². The minimum absolute atomic E-state index is 0.0944. The summed E-state index contributed by atoms with van der Waals surface area (Å²) in [6.45, 7) is 4.65. The molecule has 2 unspecified atom stereocenters. The fourth-order valence-electron chi connectivity index (χ4n) is 1.67. The molecule has 0 aliphatic carbocycles. The highest BCUT2D eigenvalue weighted by molar-refractivity contribution is 7.85. The number of hydrogen-bond acceptors (Lipinski definition) is 3. The highest BCUT2D eigenvalue weighted by atomic mass is 32.2. The monoisotopic (exact) mass is 296 g/mol. The first-order chi connectivity index (χ1) is 9.55. The summed E-state index contributed by atoms with van der Waals surface area (Å²) in [5.74, 6) is 1.46. The van der Waals surface area contributed by atoms with Crippen LogP contribution < -0.4 is 11.1 Å².